The zero-order valence-electron chi connectivity index (χ0n) is 17.1. The summed E-state index contributed by atoms with van der Waals surface area (Å²) in [6.45, 7) is 17.1. The van der Waals surface area contributed by atoms with E-state index in [1.165, 1.54) is 18.4 Å². The van der Waals surface area contributed by atoms with Gasteiger partial charge < -0.3 is 5.11 Å². The highest BCUT2D eigenvalue weighted by atomic mass is 16.3. The van der Waals surface area contributed by atoms with Gasteiger partial charge in [-0.25, -0.2) is 9.13 Å². The van der Waals surface area contributed by atoms with Crippen molar-refractivity contribution in [1.82, 2.24) is 4.57 Å². The van der Waals surface area contributed by atoms with Crippen LogP contribution in [0.4, 0.5) is 0 Å². The molecule has 1 N–H and O–H groups in total. The molecule has 0 saturated heterocycles. The van der Waals surface area contributed by atoms with Crippen LogP contribution >= 0.6 is 0 Å². The molecule has 2 rings (SSSR count). The number of aromatic nitrogens is 2. The van der Waals surface area contributed by atoms with E-state index in [-0.39, 0.29) is 10.8 Å². The third-order valence-electron chi connectivity index (χ3n) is 4.67. The molecule has 0 amide bonds. The third-order valence-corrected chi connectivity index (χ3v) is 4.67. The molecule has 0 aliphatic carbocycles. The van der Waals surface area contributed by atoms with Gasteiger partial charge in [-0.05, 0) is 46.1 Å². The number of rotatable bonds is 5. The monoisotopic (exact) mass is 343 g/mol. The predicted molar refractivity (Wildman–Crippen MR) is 104 cm³/mol. The lowest BCUT2D eigenvalue weighted by Crippen LogP contribution is -2.32. The maximum Gasteiger partial charge on any atom is 0.244 e. The summed E-state index contributed by atoms with van der Waals surface area (Å²) in [6.07, 6.45) is 8.87. The average molecular weight is 344 g/mol. The minimum atomic E-state index is -0.0855. The van der Waals surface area contributed by atoms with Gasteiger partial charge in [-0.15, -0.1) is 0 Å². The highest BCUT2D eigenvalue weighted by Gasteiger charge is 2.26. The van der Waals surface area contributed by atoms with Crippen LogP contribution in [0, 0.1) is 0 Å². The molecule has 138 valence electrons. The Bertz CT molecular complexity index is 679. The fourth-order valence-corrected chi connectivity index (χ4v) is 3.15. The minimum Gasteiger partial charge on any atom is -0.507 e. The lowest BCUT2D eigenvalue weighted by Gasteiger charge is -2.28. The number of aryl methyl sites for hydroxylation is 1. The molecule has 25 heavy (non-hydrogen) atoms. The number of phenolic OH excluding ortho intramolecular Hbond substituents is 1. The number of hydrogen-bond acceptors (Lipinski definition) is 1. The highest BCUT2D eigenvalue weighted by molar-refractivity contribution is 5.49. The van der Waals surface area contributed by atoms with Crippen LogP contribution in [-0.4, -0.2) is 9.67 Å². The predicted octanol–water partition coefficient (Wildman–Crippen LogP) is 4.92. The lowest BCUT2D eigenvalue weighted by atomic mass is 9.78. The topological polar surface area (TPSA) is 29.0 Å². The molecule has 0 spiro atoms. The van der Waals surface area contributed by atoms with E-state index in [0.29, 0.717) is 5.75 Å². The molecular weight excluding hydrogens is 308 g/mol. The zero-order valence-corrected chi connectivity index (χ0v) is 17.1. The third kappa shape index (κ3) is 4.87. The summed E-state index contributed by atoms with van der Waals surface area (Å²) in [7, 11) is 0. The molecule has 3 heteroatoms. The first-order valence-electron chi connectivity index (χ1n) is 9.44. The Morgan fingerprint density at radius 3 is 2.04 bits per heavy atom. The van der Waals surface area contributed by atoms with Gasteiger partial charge in [0, 0.05) is 0 Å². The standard InChI is InChI=1S/C22H34N2O/c1-8-9-10-23-11-12-24(16-23)15-17-13-18(21(2,3)4)20(25)19(14-17)22(5,6)7/h11-14,16H,8-10,15H2,1-7H3/p+1. The summed E-state index contributed by atoms with van der Waals surface area (Å²) in [5, 5.41) is 10.8. The van der Waals surface area contributed by atoms with E-state index in [1.54, 1.807) is 0 Å². The van der Waals surface area contributed by atoms with Crippen molar-refractivity contribution in [3.63, 3.8) is 0 Å². The molecule has 0 unspecified atom stereocenters. The molecule has 0 saturated carbocycles. The smallest absolute Gasteiger partial charge is 0.244 e. The number of unbranched alkanes of at least 4 members (excludes halogenated alkanes) is 1. The number of imidazole rings is 1. The molecule has 0 bridgehead atoms. The molecule has 1 heterocycles. The number of hydrogen-bond donors (Lipinski definition) is 1. The zero-order chi connectivity index (χ0) is 18.8. The Kier molecular flexibility index (Phi) is 5.65. The molecule has 2 aromatic rings. The molecular formula is C22H35N2O+. The fraction of sp³-hybridized carbons (Fsp3) is 0.591. The van der Waals surface area contributed by atoms with Gasteiger partial charge >= 0.3 is 0 Å². The summed E-state index contributed by atoms with van der Waals surface area (Å²) < 4.78 is 4.47. The maximum absolute atomic E-state index is 10.8. The number of benzene rings is 1. The lowest BCUT2D eigenvalue weighted by molar-refractivity contribution is -0.687. The number of aromatic hydroxyl groups is 1. The van der Waals surface area contributed by atoms with Gasteiger partial charge in [0.2, 0.25) is 6.33 Å². The molecule has 3 nitrogen and oxygen atoms in total. The van der Waals surface area contributed by atoms with E-state index in [4.69, 9.17) is 0 Å². The quantitative estimate of drug-likeness (QED) is 0.767. The van der Waals surface area contributed by atoms with Crippen molar-refractivity contribution in [3.05, 3.63) is 47.5 Å². The maximum atomic E-state index is 10.8. The second kappa shape index (κ2) is 7.23. The van der Waals surface area contributed by atoms with E-state index >= 15 is 0 Å². The van der Waals surface area contributed by atoms with Gasteiger partial charge in [-0.3, -0.25) is 0 Å². The minimum absolute atomic E-state index is 0.0855. The van der Waals surface area contributed by atoms with Crippen molar-refractivity contribution in [1.29, 1.82) is 0 Å². The molecule has 0 atom stereocenters. The SMILES string of the molecule is CCCCn1cc[n+](Cc2cc(C(C)(C)C)c(O)c(C(C)(C)C)c2)c1. The van der Waals surface area contributed by atoms with E-state index < -0.39 is 0 Å². The summed E-state index contributed by atoms with van der Waals surface area (Å²) in [4.78, 5) is 0. The van der Waals surface area contributed by atoms with E-state index in [1.807, 2.05) is 0 Å². The molecule has 1 aromatic heterocycles. The van der Waals surface area contributed by atoms with Crippen LogP contribution in [0.2, 0.25) is 0 Å². The molecule has 1 aromatic carbocycles. The fourth-order valence-electron chi connectivity index (χ4n) is 3.15. The van der Waals surface area contributed by atoms with Crippen molar-refractivity contribution in [2.24, 2.45) is 0 Å². The number of phenols is 1. The van der Waals surface area contributed by atoms with Gasteiger partial charge in [0.25, 0.3) is 0 Å². The van der Waals surface area contributed by atoms with E-state index in [9.17, 15) is 5.11 Å². The molecule has 0 radical (unpaired) electrons. The van der Waals surface area contributed by atoms with Gasteiger partial charge in [-0.1, -0.05) is 54.9 Å². The van der Waals surface area contributed by atoms with Crippen LogP contribution in [0.3, 0.4) is 0 Å². The normalized spacial score (nSPS) is 12.6. The second-order valence-corrected chi connectivity index (χ2v) is 9.22. The first kappa shape index (κ1) is 19.6. The summed E-state index contributed by atoms with van der Waals surface area (Å²) in [5.74, 6) is 0.453. The first-order valence-corrected chi connectivity index (χ1v) is 9.44. The first-order chi connectivity index (χ1) is 11.5. The Balaban J connectivity index is 2.39. The molecule has 0 fully saturated rings. The van der Waals surface area contributed by atoms with Gasteiger partial charge in [0.05, 0.1) is 6.54 Å². The van der Waals surface area contributed by atoms with Crippen LogP contribution < -0.4 is 4.57 Å². The van der Waals surface area contributed by atoms with Crippen LogP contribution in [0.1, 0.15) is 78.0 Å². The van der Waals surface area contributed by atoms with Crippen LogP contribution in [0.15, 0.2) is 30.9 Å². The van der Waals surface area contributed by atoms with E-state index in [2.05, 4.69) is 88.5 Å². The summed E-state index contributed by atoms with van der Waals surface area (Å²) in [5.41, 5.74) is 3.13. The highest BCUT2D eigenvalue weighted by Crippen LogP contribution is 2.39. The van der Waals surface area contributed by atoms with Gasteiger partial charge in [-0.2, -0.15) is 0 Å². The van der Waals surface area contributed by atoms with Crippen LogP contribution in [0.5, 0.6) is 5.75 Å². The molecule has 0 aliphatic heterocycles. The van der Waals surface area contributed by atoms with Crippen LogP contribution in [0.25, 0.3) is 0 Å². The number of nitrogens with zero attached hydrogens (tertiary/aromatic N) is 2. The van der Waals surface area contributed by atoms with Gasteiger partial charge in [0.15, 0.2) is 0 Å². The summed E-state index contributed by atoms with van der Waals surface area (Å²) >= 11 is 0. The Morgan fingerprint density at radius 2 is 1.56 bits per heavy atom. The second-order valence-electron chi connectivity index (χ2n) is 9.22. The van der Waals surface area contributed by atoms with Crippen molar-refractivity contribution < 1.29 is 9.67 Å². The van der Waals surface area contributed by atoms with E-state index in [0.717, 1.165) is 24.2 Å². The van der Waals surface area contributed by atoms with Crippen molar-refractivity contribution in [2.45, 2.75) is 85.2 Å². The Morgan fingerprint density at radius 1 is 1.00 bits per heavy atom. The largest absolute Gasteiger partial charge is 0.507 e. The van der Waals surface area contributed by atoms with Crippen molar-refractivity contribution >= 4 is 0 Å². The average Bonchev–Trinajstić information content (AvgIpc) is 2.92. The molecule has 0 aliphatic rings. The Hall–Kier alpha value is -1.77. The summed E-state index contributed by atoms with van der Waals surface area (Å²) in [6, 6.07) is 4.34. The van der Waals surface area contributed by atoms with Crippen molar-refractivity contribution in [3.8, 4) is 5.75 Å². The van der Waals surface area contributed by atoms with Crippen molar-refractivity contribution in [2.75, 3.05) is 0 Å². The Labute approximate surface area is 153 Å². The van der Waals surface area contributed by atoms with Crippen LogP contribution in [-0.2, 0) is 23.9 Å². The van der Waals surface area contributed by atoms with Gasteiger partial charge in [0.1, 0.15) is 24.7 Å².